The van der Waals surface area contributed by atoms with Gasteiger partial charge in [0.25, 0.3) is 10.1 Å². The summed E-state index contributed by atoms with van der Waals surface area (Å²) in [5.41, 5.74) is 0. The second-order valence-corrected chi connectivity index (χ2v) is 47.0. The number of esters is 1. The molecule has 0 aromatic heterocycles. The van der Waals surface area contributed by atoms with Crippen LogP contribution in [0.5, 0.6) is 0 Å². The molecule has 0 radical (unpaired) electrons. The Hall–Kier alpha value is -2.15. The molecule has 145 heavy (non-hydrogen) atoms. The second-order valence-electron chi connectivity index (χ2n) is 44.7. The number of halogens is 1. The third kappa shape index (κ3) is 129. The number of ether oxygens (including phenoxy) is 1. The number of alkyl halides is 1. The van der Waals surface area contributed by atoms with E-state index in [9.17, 15) is 23.1 Å². The lowest BCUT2D eigenvalue weighted by Crippen LogP contribution is -2.30. The number of unbranched alkanes of at least 4 members (excludes halogenated alkanes) is 45. The Labute approximate surface area is 921 Å². The number of carbonyl (C=O) groups excluding carboxylic acids is 2. The van der Waals surface area contributed by atoms with Gasteiger partial charge >= 0.3 is 5.97 Å². The number of hydrogen-bond donors (Lipinski definition) is 2. The zero-order chi connectivity index (χ0) is 108. The highest BCUT2D eigenvalue weighted by molar-refractivity contribution is 9.09. The quantitative estimate of drug-likeness (QED) is 0.0153. The molecule has 0 aliphatic carbocycles. The highest BCUT2D eigenvalue weighted by Gasteiger charge is 2.29. The first kappa shape index (κ1) is 153. The van der Waals surface area contributed by atoms with Gasteiger partial charge in [0.1, 0.15) is 12.4 Å². The lowest BCUT2D eigenvalue weighted by Gasteiger charge is -2.31. The van der Waals surface area contributed by atoms with Crippen molar-refractivity contribution < 1.29 is 37.1 Å². The average Bonchev–Trinajstić information content (AvgIpc) is 0.878. The van der Waals surface area contributed by atoms with E-state index in [1.807, 2.05) is 0 Å². The Bertz CT molecular complexity index is 2610. The molecule has 866 valence electrons. The van der Waals surface area contributed by atoms with Crippen molar-refractivity contribution in [2.45, 2.75) is 682 Å². The maximum atomic E-state index is 13.2. The first-order valence-electron chi connectivity index (χ1n) is 64.6. The van der Waals surface area contributed by atoms with Crippen LogP contribution in [-0.2, 0) is 28.6 Å². The summed E-state index contributed by atoms with van der Waals surface area (Å²) in [4.78, 5) is 26.6. The Morgan fingerprint density at radius 1 is 0.290 bits per heavy atom. The number of hydrogen-bond acceptors (Lipinski definition) is 9. The SMILES string of the molecule is CCCCC/C=C\CCCC(C=O)CCC/C=C\CCCCC.CCCCC/C=C\CCCC(CCC/C=C\CCCCC)C(CC(CCCC)CCCCCC)OC(=O)CCCCN(C)C.CCCCC/C=C\CCCC(CCC/C=C\CCCCC)C(O)CC(CCCC)CCCCCC.CCCCCCC(CBr)CCCC.CCCCCCC(CCCC)COS(C)(=O)=O.CCCCCCC(CO)CCCC. The minimum atomic E-state index is -3.28. The molecule has 2 N–H and O–H groups in total. The summed E-state index contributed by atoms with van der Waals surface area (Å²) in [7, 11) is 0.936. The van der Waals surface area contributed by atoms with E-state index < -0.39 is 10.1 Å². The maximum absolute atomic E-state index is 13.2. The highest BCUT2D eigenvalue weighted by Crippen LogP contribution is 2.34. The van der Waals surface area contributed by atoms with Crippen LogP contribution in [0, 0.1) is 47.3 Å². The van der Waals surface area contributed by atoms with E-state index >= 15 is 0 Å². The van der Waals surface area contributed by atoms with E-state index in [1.165, 1.54) is 461 Å². The highest BCUT2D eigenvalue weighted by atomic mass is 79.9. The lowest BCUT2D eigenvalue weighted by atomic mass is 9.82. The number of aliphatic hydroxyl groups is 2. The summed E-state index contributed by atoms with van der Waals surface area (Å²) in [5.74, 6) is 4.61. The number of carbonyl (C=O) groups is 2. The molecule has 0 aromatic carbocycles. The molecular weight excluding hydrogens is 1860 g/mol. The first-order chi connectivity index (χ1) is 70.7. The number of aliphatic hydroxyl groups excluding tert-OH is 2. The van der Waals surface area contributed by atoms with Crippen molar-refractivity contribution in [3.63, 3.8) is 0 Å². The van der Waals surface area contributed by atoms with Crippen molar-refractivity contribution in [2.24, 2.45) is 47.3 Å². The minimum absolute atomic E-state index is 0.0469. The van der Waals surface area contributed by atoms with E-state index in [4.69, 9.17) is 14.0 Å². The Morgan fingerprint density at radius 3 is 0.828 bits per heavy atom. The van der Waals surface area contributed by atoms with Crippen LogP contribution in [0.15, 0.2) is 72.9 Å². The fourth-order valence-corrected chi connectivity index (χ4v) is 20.7. The molecule has 0 aromatic rings. The third-order valence-electron chi connectivity index (χ3n) is 29.6. The molecule has 7 atom stereocenters. The monoisotopic (exact) mass is 2130 g/mol. The number of nitrogens with zero attached hydrogens (tertiary/aromatic N) is 1. The van der Waals surface area contributed by atoms with Crippen LogP contribution in [-0.4, -0.2) is 93.4 Å². The topological polar surface area (TPSA) is 130 Å². The zero-order valence-corrected chi connectivity index (χ0v) is 104. The van der Waals surface area contributed by atoms with Crippen molar-refractivity contribution in [2.75, 3.05) is 45.4 Å². The molecule has 0 bridgehead atoms. The Kier molecular flexibility index (Phi) is 140. The molecule has 0 aliphatic rings. The van der Waals surface area contributed by atoms with E-state index in [0.29, 0.717) is 49.2 Å². The van der Waals surface area contributed by atoms with Gasteiger partial charge < -0.3 is 24.6 Å². The van der Waals surface area contributed by atoms with E-state index in [1.54, 1.807) is 0 Å². The molecular formula is C134H264BrNO8S. The minimum Gasteiger partial charge on any atom is -0.462 e. The van der Waals surface area contributed by atoms with E-state index in [-0.39, 0.29) is 24.1 Å². The van der Waals surface area contributed by atoms with Gasteiger partial charge in [-0.15, -0.1) is 0 Å². The van der Waals surface area contributed by atoms with Gasteiger partial charge in [0.2, 0.25) is 0 Å². The summed E-state index contributed by atoms with van der Waals surface area (Å²) in [5, 5.41) is 21.7. The van der Waals surface area contributed by atoms with Crippen molar-refractivity contribution in [3.05, 3.63) is 72.9 Å². The first-order valence-corrected chi connectivity index (χ1v) is 67.5. The third-order valence-corrected chi connectivity index (χ3v) is 31.1. The Balaban J connectivity index is -0.000000425. The normalized spacial score (nSPS) is 13.4. The summed E-state index contributed by atoms with van der Waals surface area (Å²) < 4.78 is 33.4. The lowest BCUT2D eigenvalue weighted by molar-refractivity contribution is -0.153. The van der Waals surface area contributed by atoms with Gasteiger partial charge in [-0.25, -0.2) is 0 Å². The van der Waals surface area contributed by atoms with Gasteiger partial charge in [-0.3, -0.25) is 8.98 Å². The molecule has 0 amide bonds. The summed E-state index contributed by atoms with van der Waals surface area (Å²) in [6.07, 6.45) is 139. The van der Waals surface area contributed by atoms with Gasteiger partial charge in [0.15, 0.2) is 0 Å². The average molecular weight is 2130 g/mol. The van der Waals surface area contributed by atoms with Gasteiger partial charge in [0.05, 0.1) is 19.0 Å². The van der Waals surface area contributed by atoms with Crippen LogP contribution in [0.2, 0.25) is 0 Å². The Morgan fingerprint density at radius 2 is 0.538 bits per heavy atom. The molecule has 0 fully saturated rings. The molecule has 0 rings (SSSR count). The van der Waals surface area contributed by atoms with Crippen molar-refractivity contribution in [1.29, 1.82) is 0 Å². The molecule has 11 heteroatoms. The van der Waals surface area contributed by atoms with Gasteiger partial charge in [-0.2, -0.15) is 8.42 Å². The largest absolute Gasteiger partial charge is 0.462 e. The van der Waals surface area contributed by atoms with Gasteiger partial charge in [0, 0.05) is 24.3 Å². The molecule has 7 unspecified atom stereocenters. The van der Waals surface area contributed by atoms with Crippen LogP contribution in [0.3, 0.4) is 0 Å². The molecule has 0 heterocycles. The van der Waals surface area contributed by atoms with Crippen molar-refractivity contribution in [3.8, 4) is 0 Å². The summed E-state index contributed by atoms with van der Waals surface area (Å²) in [6.45, 7) is 38.0. The van der Waals surface area contributed by atoms with Crippen LogP contribution in [0.25, 0.3) is 0 Å². The van der Waals surface area contributed by atoms with Crippen LogP contribution in [0.4, 0.5) is 0 Å². The number of allylic oxidation sites excluding steroid dienone is 12. The molecule has 0 aliphatic heterocycles. The van der Waals surface area contributed by atoms with Crippen molar-refractivity contribution >= 4 is 38.3 Å². The predicted molar refractivity (Wildman–Crippen MR) is 657 cm³/mol. The maximum Gasteiger partial charge on any atom is 0.306 e. The standard InChI is InChI=1S/C41H79NO2.C34H66O.C22H40O.C13H28O3S.C12H25Br.C12H26O/c1-7-11-15-18-20-22-24-27-33-39(34-28-25-23-21-19-16-12-8-2)40(44-41(43)35-29-30-36-42(5)6)37-38(31-14-10-4)32-26-17-13-9-3;1-5-9-13-16-18-20-22-25-29-33(30-26-23-21-19-17-14-10-6-2)34(35)31-32(27-12-8-4)28-24-15-11-7-3;1-3-5-7-9-11-13-15-17-19-22(21-23)20-18-16-14-12-10-8-6-4-2;1-4-6-8-9-11-13(10-7-5-2)12-16-17(3,14)15;2*1-3-5-7-8-10-12(11-13)9-6-4-2/h20-23,38-40H,7-19,24-37H2,1-6H3;18-21,32-35H,5-17,22-31H2,1-4H3;11-14,21-22H,3-10,15-20H2,1-2H3;13H,4-12H2,1-3H3;12H,3-11H2,1-2H3;12-13H,3-11H2,1-2H3/b22-20-,23-21-;20-18-,21-19-;13-11-,14-12-;;;. The molecule has 0 saturated carbocycles. The van der Waals surface area contributed by atoms with Crippen LogP contribution < -0.4 is 0 Å². The number of rotatable bonds is 106. The predicted octanol–water partition coefficient (Wildman–Crippen LogP) is 44.8. The zero-order valence-electron chi connectivity index (χ0n) is 102. The molecule has 9 nitrogen and oxygen atoms in total. The van der Waals surface area contributed by atoms with Crippen molar-refractivity contribution in [1.82, 2.24) is 4.90 Å². The smallest absolute Gasteiger partial charge is 0.306 e. The fraction of sp³-hybridized carbons (Fsp3) is 0.896. The summed E-state index contributed by atoms with van der Waals surface area (Å²) >= 11 is 3.62. The van der Waals surface area contributed by atoms with Crippen LogP contribution in [0.1, 0.15) is 669 Å². The van der Waals surface area contributed by atoms with Crippen LogP contribution >= 0.6 is 15.9 Å². The fourth-order valence-electron chi connectivity index (χ4n) is 19.6. The summed E-state index contributed by atoms with van der Waals surface area (Å²) in [6, 6.07) is 0. The second kappa shape index (κ2) is 132. The number of aldehydes is 1. The van der Waals surface area contributed by atoms with Gasteiger partial charge in [-0.1, -0.05) is 495 Å². The van der Waals surface area contributed by atoms with E-state index in [0.717, 1.165) is 127 Å². The van der Waals surface area contributed by atoms with E-state index in [2.05, 4.69) is 219 Å². The molecule has 0 spiro atoms. The van der Waals surface area contributed by atoms with Gasteiger partial charge in [-0.05, 0) is 319 Å². The molecule has 0 saturated heterocycles.